The molecule has 0 saturated carbocycles. The minimum Gasteiger partial charge on any atom is -0.481 e. The summed E-state index contributed by atoms with van der Waals surface area (Å²) in [5.74, 6) is -1.01. The zero-order chi connectivity index (χ0) is 15.9. The fourth-order valence-electron chi connectivity index (χ4n) is 1.81. The van der Waals surface area contributed by atoms with E-state index in [0.29, 0.717) is 5.01 Å². The molecule has 0 saturated heterocycles. The number of hydrogen-bond donors (Lipinski definition) is 2. The first kappa shape index (κ1) is 16.0. The van der Waals surface area contributed by atoms with Crippen molar-refractivity contribution in [3.63, 3.8) is 0 Å². The molecule has 0 fully saturated rings. The Morgan fingerprint density at radius 2 is 2.09 bits per heavy atom. The van der Waals surface area contributed by atoms with Gasteiger partial charge in [0.15, 0.2) is 0 Å². The van der Waals surface area contributed by atoms with Crippen molar-refractivity contribution < 1.29 is 19.4 Å². The Morgan fingerprint density at radius 3 is 2.68 bits per heavy atom. The number of aliphatic carboxylic acids is 1. The van der Waals surface area contributed by atoms with Crippen LogP contribution >= 0.6 is 11.3 Å². The van der Waals surface area contributed by atoms with Gasteiger partial charge in [-0.1, -0.05) is 30.3 Å². The fraction of sp³-hybridized carbons (Fsp3) is 0.267. The summed E-state index contributed by atoms with van der Waals surface area (Å²) in [7, 11) is 0. The predicted octanol–water partition coefficient (Wildman–Crippen LogP) is 2.89. The van der Waals surface area contributed by atoms with E-state index in [1.165, 1.54) is 11.3 Å². The largest absolute Gasteiger partial charge is 0.481 e. The van der Waals surface area contributed by atoms with Crippen LogP contribution in [-0.4, -0.2) is 22.2 Å². The van der Waals surface area contributed by atoms with E-state index >= 15 is 0 Å². The number of ether oxygens (including phenoxy) is 1. The normalized spacial score (nSPS) is 11.7. The van der Waals surface area contributed by atoms with Gasteiger partial charge in [-0.2, -0.15) is 0 Å². The highest BCUT2D eigenvalue weighted by molar-refractivity contribution is 7.09. The maximum atomic E-state index is 11.8. The van der Waals surface area contributed by atoms with Crippen LogP contribution in [0.4, 0.5) is 4.79 Å². The van der Waals surface area contributed by atoms with E-state index in [2.05, 4.69) is 10.3 Å². The lowest BCUT2D eigenvalue weighted by atomic mass is 10.2. The summed E-state index contributed by atoms with van der Waals surface area (Å²) < 4.78 is 5.10. The topological polar surface area (TPSA) is 88.5 Å². The Hall–Kier alpha value is -2.41. The number of carboxylic acids is 1. The molecule has 0 radical (unpaired) electrons. The Labute approximate surface area is 131 Å². The third-order valence-corrected chi connectivity index (χ3v) is 3.89. The van der Waals surface area contributed by atoms with E-state index < -0.39 is 18.1 Å². The number of aromatic nitrogens is 1. The van der Waals surface area contributed by atoms with Crippen LogP contribution in [-0.2, 0) is 16.1 Å². The van der Waals surface area contributed by atoms with E-state index in [4.69, 9.17) is 9.84 Å². The Kier molecular flexibility index (Phi) is 5.48. The van der Waals surface area contributed by atoms with Crippen LogP contribution in [0.2, 0.25) is 0 Å². The maximum Gasteiger partial charge on any atom is 0.408 e. The van der Waals surface area contributed by atoms with Gasteiger partial charge in [0.1, 0.15) is 11.6 Å². The first-order valence-corrected chi connectivity index (χ1v) is 7.53. The summed E-state index contributed by atoms with van der Waals surface area (Å²) >= 11 is 1.31. The van der Waals surface area contributed by atoms with Crippen LogP contribution in [0.5, 0.6) is 0 Å². The molecule has 0 aliphatic heterocycles. The van der Waals surface area contributed by atoms with Crippen molar-refractivity contribution in [2.24, 2.45) is 0 Å². The standard InChI is InChI=1S/C15H16N2O4S/c1-10-9-22-14(16-10)12(7-13(18)19)17-15(20)21-8-11-5-3-2-4-6-11/h2-6,9,12H,7-8H2,1H3,(H,17,20)(H,18,19). The van der Waals surface area contributed by atoms with Crippen LogP contribution in [0.1, 0.15) is 28.7 Å². The number of thiazole rings is 1. The van der Waals surface area contributed by atoms with Gasteiger partial charge in [-0.25, -0.2) is 9.78 Å². The first-order valence-electron chi connectivity index (χ1n) is 6.65. The van der Waals surface area contributed by atoms with Gasteiger partial charge in [0.25, 0.3) is 0 Å². The zero-order valence-electron chi connectivity index (χ0n) is 12.0. The van der Waals surface area contributed by atoms with Gasteiger partial charge in [0.2, 0.25) is 0 Å². The number of hydrogen-bond acceptors (Lipinski definition) is 5. The van der Waals surface area contributed by atoms with Gasteiger partial charge in [-0.05, 0) is 12.5 Å². The van der Waals surface area contributed by atoms with Crippen LogP contribution < -0.4 is 5.32 Å². The van der Waals surface area contributed by atoms with Gasteiger partial charge < -0.3 is 15.2 Å². The number of nitrogens with zero attached hydrogens (tertiary/aromatic N) is 1. The van der Waals surface area contributed by atoms with Crippen molar-refractivity contribution in [1.82, 2.24) is 10.3 Å². The third-order valence-electron chi connectivity index (χ3n) is 2.82. The highest BCUT2D eigenvalue weighted by atomic mass is 32.1. The summed E-state index contributed by atoms with van der Waals surface area (Å²) in [5.41, 5.74) is 1.65. The molecule has 0 spiro atoms. The van der Waals surface area contributed by atoms with Crippen molar-refractivity contribution in [2.45, 2.75) is 26.0 Å². The summed E-state index contributed by atoms with van der Waals surface area (Å²) in [5, 5.41) is 13.9. The Bertz CT molecular complexity index is 642. The molecule has 7 heteroatoms. The fourth-order valence-corrected chi connectivity index (χ4v) is 2.66. The number of rotatable bonds is 6. The molecule has 22 heavy (non-hydrogen) atoms. The lowest BCUT2D eigenvalue weighted by molar-refractivity contribution is -0.137. The molecule has 1 aromatic heterocycles. The molecule has 1 atom stereocenters. The van der Waals surface area contributed by atoms with Crippen molar-refractivity contribution in [2.75, 3.05) is 0 Å². The maximum absolute atomic E-state index is 11.8. The molecule has 116 valence electrons. The van der Waals surface area contributed by atoms with Gasteiger partial charge in [-0.3, -0.25) is 4.79 Å². The highest BCUT2D eigenvalue weighted by Gasteiger charge is 2.21. The molecule has 2 rings (SSSR count). The summed E-state index contributed by atoms with van der Waals surface area (Å²) in [6.45, 7) is 1.94. The van der Waals surface area contributed by atoms with E-state index in [9.17, 15) is 9.59 Å². The number of carboxylic acid groups (broad SMARTS) is 1. The smallest absolute Gasteiger partial charge is 0.408 e. The lowest BCUT2D eigenvalue weighted by Gasteiger charge is -2.14. The Morgan fingerprint density at radius 1 is 1.36 bits per heavy atom. The van der Waals surface area contributed by atoms with Gasteiger partial charge in [0.05, 0.1) is 12.5 Å². The molecule has 1 heterocycles. The number of nitrogens with one attached hydrogen (secondary N) is 1. The number of aryl methyl sites for hydroxylation is 1. The van der Waals surface area contributed by atoms with E-state index in [1.54, 1.807) is 5.38 Å². The Balaban J connectivity index is 1.94. The lowest BCUT2D eigenvalue weighted by Crippen LogP contribution is -2.30. The quantitative estimate of drug-likeness (QED) is 0.854. The molecule has 1 unspecified atom stereocenters. The number of carbonyl (C=O) groups excluding carboxylic acids is 1. The minimum atomic E-state index is -1.01. The van der Waals surface area contributed by atoms with Gasteiger partial charge >= 0.3 is 12.1 Å². The summed E-state index contributed by atoms with van der Waals surface area (Å²) in [6.07, 6.45) is -0.907. The molecule has 2 aromatic rings. The number of alkyl carbamates (subject to hydrolysis) is 1. The summed E-state index contributed by atoms with van der Waals surface area (Å²) in [6, 6.07) is 8.56. The second kappa shape index (κ2) is 7.56. The zero-order valence-corrected chi connectivity index (χ0v) is 12.8. The van der Waals surface area contributed by atoms with Crippen LogP contribution in [0, 0.1) is 6.92 Å². The average Bonchev–Trinajstić information content (AvgIpc) is 2.92. The number of amides is 1. The molecule has 0 aliphatic carbocycles. The van der Waals surface area contributed by atoms with Crippen LogP contribution in [0.3, 0.4) is 0 Å². The van der Waals surface area contributed by atoms with E-state index in [0.717, 1.165) is 11.3 Å². The van der Waals surface area contributed by atoms with E-state index in [1.807, 2.05) is 37.3 Å². The first-order chi connectivity index (χ1) is 10.5. The van der Waals surface area contributed by atoms with E-state index in [-0.39, 0.29) is 13.0 Å². The number of carbonyl (C=O) groups is 2. The van der Waals surface area contributed by atoms with Crippen LogP contribution in [0.15, 0.2) is 35.7 Å². The van der Waals surface area contributed by atoms with Crippen molar-refractivity contribution in [3.05, 3.63) is 52.0 Å². The molecule has 6 nitrogen and oxygen atoms in total. The van der Waals surface area contributed by atoms with Crippen molar-refractivity contribution >= 4 is 23.4 Å². The van der Waals surface area contributed by atoms with Gasteiger partial charge in [0, 0.05) is 11.1 Å². The molecule has 2 N–H and O–H groups in total. The van der Waals surface area contributed by atoms with Crippen LogP contribution in [0.25, 0.3) is 0 Å². The van der Waals surface area contributed by atoms with Gasteiger partial charge in [-0.15, -0.1) is 11.3 Å². The third kappa shape index (κ3) is 4.85. The highest BCUT2D eigenvalue weighted by Crippen LogP contribution is 2.21. The molecule has 1 aromatic carbocycles. The molecule has 0 aliphatic rings. The molecular weight excluding hydrogens is 304 g/mol. The second-order valence-electron chi connectivity index (χ2n) is 4.68. The molecule has 1 amide bonds. The SMILES string of the molecule is Cc1csc(C(CC(=O)O)NC(=O)OCc2ccccc2)n1. The monoisotopic (exact) mass is 320 g/mol. The molecule has 0 bridgehead atoms. The second-order valence-corrected chi connectivity index (χ2v) is 5.57. The predicted molar refractivity (Wildman–Crippen MR) is 81.6 cm³/mol. The van der Waals surface area contributed by atoms with Crippen molar-refractivity contribution in [3.8, 4) is 0 Å². The number of benzene rings is 1. The van der Waals surface area contributed by atoms with Crippen molar-refractivity contribution in [1.29, 1.82) is 0 Å². The average molecular weight is 320 g/mol. The molecular formula is C15H16N2O4S. The minimum absolute atomic E-state index is 0.128. The summed E-state index contributed by atoms with van der Waals surface area (Å²) in [4.78, 5) is 27.0.